The van der Waals surface area contributed by atoms with Crippen molar-refractivity contribution in [1.29, 1.82) is 5.26 Å². The van der Waals surface area contributed by atoms with Gasteiger partial charge in [0.1, 0.15) is 17.1 Å². The van der Waals surface area contributed by atoms with Crippen LogP contribution in [0.4, 0.5) is 0 Å². The van der Waals surface area contributed by atoms with E-state index in [4.69, 9.17) is 13.9 Å². The number of fused-ring (bicyclic) bond motifs is 4. The van der Waals surface area contributed by atoms with E-state index in [0.29, 0.717) is 22.1 Å². The van der Waals surface area contributed by atoms with Crippen LogP contribution in [-0.2, 0) is 4.79 Å². The monoisotopic (exact) mass is 489 g/mol. The SMILES string of the molecule is C=C[C@H]1COc2c(c(=O)oc3ccccc23)[C@H](c2ccc(C#N)cc2)[C@]12C(=O)Oc1ccccc1C2=O. The summed E-state index contributed by atoms with van der Waals surface area (Å²) in [6, 6.07) is 21.9. The summed E-state index contributed by atoms with van der Waals surface area (Å²) in [7, 11) is 0. The Hall–Kier alpha value is -4.96. The average molecular weight is 489 g/mol. The van der Waals surface area contributed by atoms with E-state index in [9.17, 15) is 19.6 Å². The molecule has 2 aliphatic rings. The molecule has 0 radical (unpaired) electrons. The zero-order valence-electron chi connectivity index (χ0n) is 19.5. The van der Waals surface area contributed by atoms with Crippen molar-refractivity contribution in [2.24, 2.45) is 11.3 Å². The Bertz CT molecular complexity index is 1710. The van der Waals surface area contributed by atoms with Crippen molar-refractivity contribution in [2.75, 3.05) is 6.61 Å². The summed E-state index contributed by atoms with van der Waals surface area (Å²) in [6.07, 6.45) is 1.50. The van der Waals surface area contributed by atoms with Crippen LogP contribution in [0, 0.1) is 22.7 Å². The fourth-order valence-corrected chi connectivity index (χ4v) is 5.53. The Labute approximate surface area is 211 Å². The maximum atomic E-state index is 14.4. The molecule has 1 spiro atoms. The van der Waals surface area contributed by atoms with Crippen LogP contribution < -0.4 is 15.1 Å². The Morgan fingerprint density at radius 2 is 1.70 bits per heavy atom. The largest absolute Gasteiger partial charge is 0.492 e. The minimum absolute atomic E-state index is 0.0393. The fraction of sp³-hybridized carbons (Fsp3) is 0.133. The highest BCUT2D eigenvalue weighted by Gasteiger charge is 2.63. The molecular weight excluding hydrogens is 470 g/mol. The number of para-hydroxylation sites is 2. The van der Waals surface area contributed by atoms with E-state index in [1.807, 2.05) is 0 Å². The molecule has 7 heteroatoms. The Morgan fingerprint density at radius 3 is 2.46 bits per heavy atom. The quantitative estimate of drug-likeness (QED) is 0.131. The smallest absolute Gasteiger partial charge is 0.343 e. The van der Waals surface area contributed by atoms with Crippen LogP contribution in [0.2, 0.25) is 0 Å². The van der Waals surface area contributed by atoms with Crippen molar-refractivity contribution >= 4 is 22.7 Å². The van der Waals surface area contributed by atoms with Gasteiger partial charge in [-0.15, -0.1) is 6.58 Å². The number of carbonyl (C=O) groups is 2. The molecule has 0 aliphatic carbocycles. The minimum Gasteiger partial charge on any atom is -0.492 e. The first-order chi connectivity index (χ1) is 18.0. The number of nitriles is 1. The summed E-state index contributed by atoms with van der Waals surface area (Å²) < 4.78 is 17.7. The van der Waals surface area contributed by atoms with Gasteiger partial charge >= 0.3 is 11.6 Å². The second-order valence-electron chi connectivity index (χ2n) is 9.03. The van der Waals surface area contributed by atoms with Crippen LogP contribution in [0.15, 0.2) is 94.7 Å². The third-order valence-corrected chi connectivity index (χ3v) is 7.24. The van der Waals surface area contributed by atoms with Crippen molar-refractivity contribution in [3.63, 3.8) is 0 Å². The van der Waals surface area contributed by atoms with E-state index < -0.39 is 34.6 Å². The number of benzene rings is 3. The summed E-state index contributed by atoms with van der Waals surface area (Å²) in [4.78, 5) is 42.1. The molecule has 0 fully saturated rings. The van der Waals surface area contributed by atoms with Crippen molar-refractivity contribution in [2.45, 2.75) is 5.92 Å². The van der Waals surface area contributed by atoms with Gasteiger partial charge in [0.25, 0.3) is 0 Å². The first-order valence-corrected chi connectivity index (χ1v) is 11.7. The van der Waals surface area contributed by atoms with Gasteiger partial charge in [0, 0.05) is 11.8 Å². The maximum absolute atomic E-state index is 14.4. The molecule has 0 amide bonds. The van der Waals surface area contributed by atoms with Gasteiger partial charge in [-0.05, 0) is 42.0 Å². The van der Waals surface area contributed by atoms with Gasteiger partial charge in [-0.1, -0.05) is 42.5 Å². The third-order valence-electron chi connectivity index (χ3n) is 7.24. The van der Waals surface area contributed by atoms with Crippen LogP contribution >= 0.6 is 0 Å². The lowest BCUT2D eigenvalue weighted by Crippen LogP contribution is -2.55. The van der Waals surface area contributed by atoms with Crippen LogP contribution in [0.3, 0.4) is 0 Å². The van der Waals surface area contributed by atoms with Crippen molar-refractivity contribution in [3.05, 3.63) is 118 Å². The molecule has 3 heterocycles. The molecule has 0 N–H and O–H groups in total. The van der Waals surface area contributed by atoms with E-state index in [0.717, 1.165) is 0 Å². The highest BCUT2D eigenvalue weighted by molar-refractivity contribution is 6.18. The molecule has 3 atom stereocenters. The number of ether oxygens (including phenoxy) is 2. The zero-order chi connectivity index (χ0) is 25.7. The predicted octanol–water partition coefficient (Wildman–Crippen LogP) is 4.78. The van der Waals surface area contributed by atoms with E-state index in [1.165, 1.54) is 6.08 Å². The van der Waals surface area contributed by atoms with E-state index in [1.54, 1.807) is 72.8 Å². The van der Waals surface area contributed by atoms with Crippen molar-refractivity contribution < 1.29 is 23.5 Å². The molecule has 6 rings (SSSR count). The average Bonchev–Trinajstić information content (AvgIpc) is 3.08. The molecule has 37 heavy (non-hydrogen) atoms. The molecule has 180 valence electrons. The number of carbonyl (C=O) groups excluding carboxylic acids is 2. The first-order valence-electron chi connectivity index (χ1n) is 11.7. The number of nitrogens with zero attached hydrogens (tertiary/aromatic N) is 1. The highest BCUT2D eigenvalue weighted by atomic mass is 16.5. The summed E-state index contributed by atoms with van der Waals surface area (Å²) in [5.74, 6) is -2.91. The van der Waals surface area contributed by atoms with E-state index in [-0.39, 0.29) is 29.2 Å². The van der Waals surface area contributed by atoms with Crippen LogP contribution in [0.25, 0.3) is 11.0 Å². The van der Waals surface area contributed by atoms with Crippen molar-refractivity contribution in [3.8, 4) is 17.6 Å². The number of hydrogen-bond acceptors (Lipinski definition) is 7. The molecule has 0 saturated heterocycles. The van der Waals surface area contributed by atoms with Gasteiger partial charge in [0.05, 0.1) is 34.8 Å². The second kappa shape index (κ2) is 8.32. The molecule has 1 aromatic heterocycles. The number of ketones is 1. The Balaban J connectivity index is 1.75. The summed E-state index contributed by atoms with van der Waals surface area (Å²) in [5, 5.41) is 9.88. The molecule has 0 bridgehead atoms. The van der Waals surface area contributed by atoms with Gasteiger partial charge in [0.2, 0.25) is 0 Å². The Kier molecular flexibility index (Phi) is 5.06. The number of Topliss-reactive ketones (excluding diaryl/α,β-unsaturated/α-hetero) is 1. The standard InChI is InChI=1S/C30H19NO6/c1-2-19-16-35-26-20-7-3-5-9-22(20)36-28(33)24(26)25(18-13-11-17(15-31)12-14-18)30(19)27(32)21-8-4-6-10-23(21)37-29(30)34/h2-14,19,25H,1,16H2/t19-,25-,30+/m0/s1. The lowest BCUT2D eigenvalue weighted by atomic mass is 9.58. The zero-order valence-corrected chi connectivity index (χ0v) is 19.5. The normalized spacial score (nSPS) is 22.2. The highest BCUT2D eigenvalue weighted by Crippen LogP contribution is 2.56. The second-order valence-corrected chi connectivity index (χ2v) is 9.03. The molecule has 2 aliphatic heterocycles. The predicted molar refractivity (Wildman–Crippen MR) is 134 cm³/mol. The maximum Gasteiger partial charge on any atom is 0.343 e. The number of hydrogen-bond donors (Lipinski definition) is 0. The first kappa shape index (κ1) is 22.5. The van der Waals surface area contributed by atoms with Gasteiger partial charge in [-0.3, -0.25) is 9.59 Å². The Morgan fingerprint density at radius 1 is 0.973 bits per heavy atom. The molecule has 4 aromatic rings. The molecule has 7 nitrogen and oxygen atoms in total. The van der Waals surface area contributed by atoms with E-state index >= 15 is 0 Å². The van der Waals surface area contributed by atoms with Crippen LogP contribution in [0.5, 0.6) is 11.5 Å². The van der Waals surface area contributed by atoms with Gasteiger partial charge in [-0.2, -0.15) is 5.26 Å². The van der Waals surface area contributed by atoms with Crippen LogP contribution in [0.1, 0.15) is 33.0 Å². The third kappa shape index (κ3) is 3.09. The topological polar surface area (TPSA) is 107 Å². The summed E-state index contributed by atoms with van der Waals surface area (Å²) in [6.45, 7) is 3.82. The van der Waals surface area contributed by atoms with Crippen molar-refractivity contribution in [1.82, 2.24) is 0 Å². The summed E-state index contributed by atoms with van der Waals surface area (Å²) >= 11 is 0. The fourth-order valence-electron chi connectivity index (χ4n) is 5.53. The number of esters is 1. The van der Waals surface area contributed by atoms with E-state index in [2.05, 4.69) is 12.6 Å². The number of rotatable bonds is 2. The molecule has 0 unspecified atom stereocenters. The lowest BCUT2D eigenvalue weighted by molar-refractivity contribution is -0.147. The minimum atomic E-state index is -1.91. The van der Waals surface area contributed by atoms with Gasteiger partial charge < -0.3 is 13.9 Å². The van der Waals surface area contributed by atoms with Gasteiger partial charge in [-0.25, -0.2) is 4.79 Å². The van der Waals surface area contributed by atoms with Gasteiger partial charge in [0.15, 0.2) is 11.2 Å². The summed E-state index contributed by atoms with van der Waals surface area (Å²) in [5.41, 5.74) is -1.21. The molecular formula is C30H19NO6. The lowest BCUT2D eigenvalue weighted by Gasteiger charge is -2.42. The molecule has 3 aromatic carbocycles. The van der Waals surface area contributed by atoms with Crippen LogP contribution in [-0.4, -0.2) is 18.4 Å². The molecule has 0 saturated carbocycles.